The topological polar surface area (TPSA) is 52.6 Å². The molecule has 2 aromatic rings. The normalized spacial score (nSPS) is 12.2. The average Bonchev–Trinajstić information content (AvgIpc) is 2.50. The molecule has 0 aliphatic heterocycles. The van der Waals surface area contributed by atoms with Crippen LogP contribution in [-0.4, -0.2) is 29.5 Å². The van der Waals surface area contributed by atoms with Crippen molar-refractivity contribution >= 4 is 39.1 Å². The average molecular weight is 412 g/mol. The first-order valence-corrected chi connectivity index (χ1v) is 8.71. The van der Waals surface area contributed by atoms with E-state index in [-0.39, 0.29) is 5.91 Å². The zero-order valence-electron chi connectivity index (χ0n) is 13.6. The van der Waals surface area contributed by atoms with Crippen LogP contribution in [0.25, 0.3) is 0 Å². The summed E-state index contributed by atoms with van der Waals surface area (Å²) in [5, 5.41) is 14.0. The van der Waals surface area contributed by atoms with Gasteiger partial charge in [-0.25, -0.2) is 0 Å². The lowest BCUT2D eigenvalue weighted by Gasteiger charge is -2.23. The first-order chi connectivity index (χ1) is 11.4. The van der Waals surface area contributed by atoms with E-state index in [1.54, 1.807) is 6.07 Å². The minimum absolute atomic E-state index is 0.159. The van der Waals surface area contributed by atoms with Crippen LogP contribution >= 0.6 is 27.5 Å². The second-order valence-corrected chi connectivity index (χ2v) is 7.01. The molecule has 0 fully saturated rings. The predicted octanol–water partition coefficient (Wildman–Crippen LogP) is 4.23. The summed E-state index contributed by atoms with van der Waals surface area (Å²) < 4.78 is 0.940. The van der Waals surface area contributed by atoms with E-state index in [4.69, 9.17) is 11.6 Å². The summed E-state index contributed by atoms with van der Waals surface area (Å²) >= 11 is 9.46. The smallest absolute Gasteiger partial charge is 0.221 e. The van der Waals surface area contributed by atoms with Crippen LogP contribution in [0.5, 0.6) is 0 Å². The molecule has 2 rings (SSSR count). The van der Waals surface area contributed by atoms with Crippen molar-refractivity contribution in [2.75, 3.05) is 18.9 Å². The molecule has 0 radical (unpaired) electrons. The number of para-hydroxylation sites is 1. The van der Waals surface area contributed by atoms with Gasteiger partial charge in [0.05, 0.1) is 6.10 Å². The Morgan fingerprint density at radius 2 is 2.04 bits per heavy atom. The third kappa shape index (κ3) is 5.31. The number of halogens is 2. The fraction of sp³-hybridized carbons (Fsp3) is 0.278. The maximum Gasteiger partial charge on any atom is 0.221 e. The van der Waals surface area contributed by atoms with Crippen LogP contribution in [-0.2, 0) is 11.3 Å². The third-order valence-electron chi connectivity index (χ3n) is 3.57. The molecule has 128 valence electrons. The van der Waals surface area contributed by atoms with Gasteiger partial charge in [0, 0.05) is 40.8 Å². The van der Waals surface area contributed by atoms with Gasteiger partial charge in [-0.2, -0.15) is 0 Å². The first-order valence-electron chi connectivity index (χ1n) is 7.54. The highest BCUT2D eigenvalue weighted by Gasteiger charge is 2.16. The summed E-state index contributed by atoms with van der Waals surface area (Å²) in [5.41, 5.74) is 2.43. The van der Waals surface area contributed by atoms with E-state index in [1.165, 1.54) is 6.92 Å². The molecule has 0 aliphatic carbocycles. The van der Waals surface area contributed by atoms with Crippen LogP contribution in [0.4, 0.5) is 5.69 Å². The van der Waals surface area contributed by atoms with Gasteiger partial charge in [-0.05, 0) is 30.8 Å². The van der Waals surface area contributed by atoms with Crippen molar-refractivity contribution in [3.63, 3.8) is 0 Å². The molecule has 0 aliphatic rings. The van der Waals surface area contributed by atoms with Gasteiger partial charge >= 0.3 is 0 Å². The standard InChI is InChI=1S/C18H20BrClN2O2/c1-12(23)21-17-6-4-3-5-15(17)18(24)11-22(2)10-13-7-8-14(20)9-16(13)19/h3-9,18,24H,10-11H2,1-2H3,(H,21,23). The SMILES string of the molecule is CC(=O)Nc1ccccc1C(O)CN(C)Cc1ccc(Cl)cc1Br. The molecule has 0 spiro atoms. The van der Waals surface area contributed by atoms with Crippen LogP contribution in [0.15, 0.2) is 46.9 Å². The van der Waals surface area contributed by atoms with Gasteiger partial charge in [-0.15, -0.1) is 0 Å². The van der Waals surface area contributed by atoms with Crippen LogP contribution in [0, 0.1) is 0 Å². The predicted molar refractivity (Wildman–Crippen MR) is 101 cm³/mol. The first kappa shape index (κ1) is 18.9. The summed E-state index contributed by atoms with van der Waals surface area (Å²) in [5.74, 6) is -0.159. The molecular formula is C18H20BrClN2O2. The third-order valence-corrected chi connectivity index (χ3v) is 4.54. The summed E-state index contributed by atoms with van der Waals surface area (Å²) in [6.45, 7) is 2.55. The lowest BCUT2D eigenvalue weighted by molar-refractivity contribution is -0.114. The number of hydrogen-bond acceptors (Lipinski definition) is 3. The number of nitrogens with one attached hydrogen (secondary N) is 1. The number of amides is 1. The molecule has 0 bridgehead atoms. The van der Waals surface area contributed by atoms with E-state index in [1.807, 2.05) is 48.3 Å². The maximum absolute atomic E-state index is 11.3. The number of nitrogens with zero attached hydrogens (tertiary/aromatic N) is 1. The highest BCUT2D eigenvalue weighted by Crippen LogP contribution is 2.26. The number of anilines is 1. The van der Waals surface area contributed by atoms with Crippen LogP contribution in [0.1, 0.15) is 24.2 Å². The number of carbonyl (C=O) groups excluding carboxylic acids is 1. The lowest BCUT2D eigenvalue weighted by Crippen LogP contribution is -2.25. The molecule has 1 atom stereocenters. The van der Waals surface area contributed by atoms with E-state index < -0.39 is 6.10 Å². The maximum atomic E-state index is 11.3. The van der Waals surface area contributed by atoms with Crippen LogP contribution in [0.3, 0.4) is 0 Å². The van der Waals surface area contributed by atoms with Crippen molar-refractivity contribution in [3.05, 3.63) is 63.1 Å². The Morgan fingerprint density at radius 3 is 2.71 bits per heavy atom. The number of benzene rings is 2. The fourth-order valence-electron chi connectivity index (χ4n) is 2.49. The monoisotopic (exact) mass is 410 g/mol. The molecule has 2 N–H and O–H groups in total. The van der Waals surface area contributed by atoms with Crippen molar-refractivity contribution < 1.29 is 9.90 Å². The van der Waals surface area contributed by atoms with Gasteiger partial charge < -0.3 is 10.4 Å². The molecule has 0 heterocycles. The Bertz CT molecular complexity index is 724. The van der Waals surface area contributed by atoms with E-state index >= 15 is 0 Å². The van der Waals surface area contributed by atoms with Gasteiger partial charge in [0.15, 0.2) is 0 Å². The second kappa shape index (κ2) is 8.62. The molecule has 0 saturated heterocycles. The number of likely N-dealkylation sites (N-methyl/N-ethyl adjacent to an activating group) is 1. The van der Waals surface area contributed by atoms with Gasteiger partial charge in [-0.3, -0.25) is 9.69 Å². The molecule has 4 nitrogen and oxygen atoms in total. The van der Waals surface area contributed by atoms with E-state index in [0.717, 1.165) is 10.0 Å². The van der Waals surface area contributed by atoms with Crippen LogP contribution in [0.2, 0.25) is 5.02 Å². The van der Waals surface area contributed by atoms with E-state index in [2.05, 4.69) is 21.2 Å². The van der Waals surface area contributed by atoms with Crippen LogP contribution < -0.4 is 5.32 Å². The molecule has 1 unspecified atom stereocenters. The van der Waals surface area contributed by atoms with Crippen molar-refractivity contribution in [1.29, 1.82) is 0 Å². The Kier molecular flexibility index (Phi) is 6.80. The summed E-state index contributed by atoms with van der Waals surface area (Å²) in [6.07, 6.45) is -0.705. The number of carbonyl (C=O) groups is 1. The second-order valence-electron chi connectivity index (χ2n) is 5.72. The fourth-order valence-corrected chi connectivity index (χ4v) is 3.30. The van der Waals surface area contributed by atoms with Crippen molar-refractivity contribution in [3.8, 4) is 0 Å². The Labute approximate surface area is 155 Å². The molecule has 0 saturated carbocycles. The number of rotatable bonds is 6. The lowest BCUT2D eigenvalue weighted by atomic mass is 10.1. The molecule has 2 aromatic carbocycles. The molecular weight excluding hydrogens is 392 g/mol. The summed E-state index contributed by atoms with van der Waals surface area (Å²) in [4.78, 5) is 13.3. The zero-order valence-corrected chi connectivity index (χ0v) is 15.9. The summed E-state index contributed by atoms with van der Waals surface area (Å²) in [7, 11) is 1.94. The Balaban J connectivity index is 2.06. The minimum atomic E-state index is -0.705. The number of hydrogen-bond donors (Lipinski definition) is 2. The molecule has 6 heteroatoms. The largest absolute Gasteiger partial charge is 0.387 e. The van der Waals surface area contributed by atoms with Gasteiger partial charge in [0.25, 0.3) is 0 Å². The zero-order chi connectivity index (χ0) is 17.7. The highest BCUT2D eigenvalue weighted by molar-refractivity contribution is 9.10. The van der Waals surface area contributed by atoms with Crippen molar-refractivity contribution in [2.45, 2.75) is 19.6 Å². The van der Waals surface area contributed by atoms with E-state index in [0.29, 0.717) is 29.4 Å². The number of aliphatic hydroxyl groups excluding tert-OH is 1. The van der Waals surface area contributed by atoms with Gasteiger partial charge in [-0.1, -0.05) is 51.8 Å². The minimum Gasteiger partial charge on any atom is -0.387 e. The van der Waals surface area contributed by atoms with Gasteiger partial charge in [0.2, 0.25) is 5.91 Å². The molecule has 0 aromatic heterocycles. The highest BCUT2D eigenvalue weighted by atomic mass is 79.9. The van der Waals surface area contributed by atoms with Gasteiger partial charge in [0.1, 0.15) is 0 Å². The quantitative estimate of drug-likeness (QED) is 0.748. The van der Waals surface area contributed by atoms with Crippen molar-refractivity contribution in [2.24, 2.45) is 0 Å². The Morgan fingerprint density at radius 1 is 1.33 bits per heavy atom. The number of aliphatic hydroxyl groups is 1. The Hall–Kier alpha value is -1.40. The van der Waals surface area contributed by atoms with E-state index in [9.17, 15) is 9.90 Å². The molecule has 24 heavy (non-hydrogen) atoms. The molecule has 1 amide bonds. The summed E-state index contributed by atoms with van der Waals surface area (Å²) in [6, 6.07) is 12.9. The van der Waals surface area contributed by atoms with Crippen molar-refractivity contribution in [1.82, 2.24) is 4.90 Å².